The molecule has 2 aromatic carbocycles. The van der Waals surface area contributed by atoms with E-state index in [4.69, 9.17) is 4.74 Å². The Labute approximate surface area is 170 Å². The normalized spacial score (nSPS) is 10.7. The van der Waals surface area contributed by atoms with Crippen LogP contribution in [-0.2, 0) is 9.53 Å². The molecule has 29 heavy (non-hydrogen) atoms. The third-order valence-corrected chi connectivity index (χ3v) is 4.67. The molecule has 6 heteroatoms. The van der Waals surface area contributed by atoms with Gasteiger partial charge in [-0.1, -0.05) is 62.4 Å². The third-order valence-electron chi connectivity index (χ3n) is 4.67. The average Bonchev–Trinajstić information content (AvgIpc) is 3.22. The molecule has 0 aliphatic rings. The summed E-state index contributed by atoms with van der Waals surface area (Å²) in [6.07, 6.45) is 1.66. The highest BCUT2D eigenvalue weighted by Crippen LogP contribution is 2.22. The summed E-state index contributed by atoms with van der Waals surface area (Å²) in [7, 11) is 0. The lowest BCUT2D eigenvalue weighted by molar-refractivity contribution is -0.125. The van der Waals surface area contributed by atoms with Crippen LogP contribution < -0.4 is 5.32 Å². The maximum atomic E-state index is 12.7. The Morgan fingerprint density at radius 3 is 2.24 bits per heavy atom. The van der Waals surface area contributed by atoms with Crippen molar-refractivity contribution in [3.63, 3.8) is 0 Å². The standard InChI is InChI=1S/C23H25N3O3/c1-3-18(4-2)24-22(27)16-29-23(28)21-15-20(17-11-7-5-8-12-17)25-26(21)19-13-9-6-10-14-19/h5-15,18H,3-4,16H2,1-2H3,(H,24,27). The van der Waals surface area contributed by atoms with Gasteiger partial charge in [0, 0.05) is 11.6 Å². The SMILES string of the molecule is CCC(CC)NC(=O)COC(=O)c1cc(-c2ccccc2)nn1-c1ccccc1. The zero-order valence-corrected chi connectivity index (χ0v) is 16.7. The van der Waals surface area contributed by atoms with Gasteiger partial charge >= 0.3 is 5.97 Å². The summed E-state index contributed by atoms with van der Waals surface area (Å²) in [6.45, 7) is 3.68. The molecule has 150 valence electrons. The zero-order valence-electron chi connectivity index (χ0n) is 16.7. The van der Waals surface area contributed by atoms with Gasteiger partial charge in [-0.2, -0.15) is 5.10 Å². The van der Waals surface area contributed by atoms with Crippen LogP contribution in [-0.4, -0.2) is 34.3 Å². The number of amides is 1. The second kappa shape index (κ2) is 9.68. The molecule has 1 amide bonds. The van der Waals surface area contributed by atoms with E-state index in [1.54, 1.807) is 10.7 Å². The number of nitrogens with zero attached hydrogens (tertiary/aromatic N) is 2. The monoisotopic (exact) mass is 391 g/mol. The van der Waals surface area contributed by atoms with Crippen LogP contribution in [0, 0.1) is 0 Å². The number of aromatic nitrogens is 2. The van der Waals surface area contributed by atoms with Gasteiger partial charge in [-0.05, 0) is 31.0 Å². The van der Waals surface area contributed by atoms with E-state index >= 15 is 0 Å². The van der Waals surface area contributed by atoms with Crippen LogP contribution in [0.25, 0.3) is 16.9 Å². The first kappa shape index (κ1) is 20.3. The molecule has 0 spiro atoms. The van der Waals surface area contributed by atoms with Crippen LogP contribution in [0.5, 0.6) is 0 Å². The maximum Gasteiger partial charge on any atom is 0.357 e. The van der Waals surface area contributed by atoms with Crippen molar-refractivity contribution in [2.75, 3.05) is 6.61 Å². The molecule has 0 radical (unpaired) electrons. The highest BCUT2D eigenvalue weighted by molar-refractivity contribution is 5.91. The van der Waals surface area contributed by atoms with Crippen LogP contribution in [0.3, 0.4) is 0 Å². The Hall–Kier alpha value is -3.41. The van der Waals surface area contributed by atoms with E-state index in [1.807, 2.05) is 74.5 Å². The van der Waals surface area contributed by atoms with Crippen LogP contribution in [0.4, 0.5) is 0 Å². The Bertz CT molecular complexity index is 948. The minimum absolute atomic E-state index is 0.0840. The predicted molar refractivity (Wildman–Crippen MR) is 112 cm³/mol. The molecule has 3 rings (SSSR count). The fourth-order valence-corrected chi connectivity index (χ4v) is 3.01. The second-order valence-corrected chi connectivity index (χ2v) is 6.69. The van der Waals surface area contributed by atoms with Crippen LogP contribution in [0.15, 0.2) is 66.7 Å². The first-order chi connectivity index (χ1) is 14.1. The Kier molecular flexibility index (Phi) is 6.79. The molecular formula is C23H25N3O3. The van der Waals surface area contributed by atoms with Crippen LogP contribution >= 0.6 is 0 Å². The number of hydrogen-bond acceptors (Lipinski definition) is 4. The van der Waals surface area contributed by atoms with Crippen molar-refractivity contribution in [1.29, 1.82) is 0 Å². The van der Waals surface area contributed by atoms with E-state index in [0.29, 0.717) is 5.69 Å². The minimum Gasteiger partial charge on any atom is -0.451 e. The molecular weight excluding hydrogens is 366 g/mol. The van der Waals surface area contributed by atoms with Gasteiger partial charge in [-0.15, -0.1) is 0 Å². The number of carbonyl (C=O) groups is 2. The molecule has 0 aliphatic carbocycles. The Balaban J connectivity index is 1.82. The van der Waals surface area contributed by atoms with Gasteiger partial charge < -0.3 is 10.1 Å². The first-order valence-electron chi connectivity index (χ1n) is 9.79. The molecule has 1 heterocycles. The van der Waals surface area contributed by atoms with Crippen molar-refractivity contribution in [2.24, 2.45) is 0 Å². The summed E-state index contributed by atoms with van der Waals surface area (Å²) in [6, 6.07) is 20.7. The molecule has 3 aromatic rings. The van der Waals surface area contributed by atoms with Crippen molar-refractivity contribution < 1.29 is 14.3 Å². The number of nitrogens with one attached hydrogen (secondary N) is 1. The highest BCUT2D eigenvalue weighted by atomic mass is 16.5. The lowest BCUT2D eigenvalue weighted by Gasteiger charge is -2.14. The van der Waals surface area contributed by atoms with Crippen molar-refractivity contribution in [1.82, 2.24) is 15.1 Å². The smallest absolute Gasteiger partial charge is 0.357 e. The van der Waals surface area contributed by atoms with Gasteiger partial charge in [0.2, 0.25) is 0 Å². The molecule has 0 unspecified atom stereocenters. The van der Waals surface area contributed by atoms with Crippen molar-refractivity contribution >= 4 is 11.9 Å². The average molecular weight is 391 g/mol. The molecule has 0 saturated carbocycles. The fourth-order valence-electron chi connectivity index (χ4n) is 3.01. The van der Waals surface area contributed by atoms with Crippen molar-refractivity contribution in [2.45, 2.75) is 32.7 Å². The van der Waals surface area contributed by atoms with E-state index in [0.717, 1.165) is 24.1 Å². The Morgan fingerprint density at radius 2 is 1.62 bits per heavy atom. The molecule has 6 nitrogen and oxygen atoms in total. The lowest BCUT2D eigenvalue weighted by atomic mass is 10.1. The predicted octanol–water partition coefficient (Wildman–Crippen LogP) is 4.00. The van der Waals surface area contributed by atoms with Gasteiger partial charge in [0.05, 0.1) is 11.4 Å². The third kappa shape index (κ3) is 5.10. The summed E-state index contributed by atoms with van der Waals surface area (Å²) in [4.78, 5) is 24.8. The fraction of sp³-hybridized carbons (Fsp3) is 0.261. The quantitative estimate of drug-likeness (QED) is 0.589. The number of para-hydroxylation sites is 1. The van der Waals surface area contributed by atoms with Crippen LogP contribution in [0.2, 0.25) is 0 Å². The van der Waals surface area contributed by atoms with E-state index in [-0.39, 0.29) is 24.2 Å². The molecule has 0 atom stereocenters. The highest BCUT2D eigenvalue weighted by Gasteiger charge is 2.20. The van der Waals surface area contributed by atoms with Crippen molar-refractivity contribution in [3.05, 3.63) is 72.4 Å². The zero-order chi connectivity index (χ0) is 20.6. The minimum atomic E-state index is -0.594. The largest absolute Gasteiger partial charge is 0.451 e. The Morgan fingerprint density at radius 1 is 1.00 bits per heavy atom. The molecule has 1 N–H and O–H groups in total. The van der Waals surface area contributed by atoms with E-state index in [2.05, 4.69) is 10.4 Å². The van der Waals surface area contributed by atoms with Crippen molar-refractivity contribution in [3.8, 4) is 16.9 Å². The lowest BCUT2D eigenvalue weighted by Crippen LogP contribution is -2.37. The molecule has 0 bridgehead atoms. The van der Waals surface area contributed by atoms with Crippen LogP contribution in [0.1, 0.15) is 37.2 Å². The topological polar surface area (TPSA) is 73.2 Å². The van der Waals surface area contributed by atoms with E-state index < -0.39 is 5.97 Å². The second-order valence-electron chi connectivity index (χ2n) is 6.69. The number of carbonyl (C=O) groups excluding carboxylic acids is 2. The van der Waals surface area contributed by atoms with Gasteiger partial charge in [0.15, 0.2) is 12.3 Å². The van der Waals surface area contributed by atoms with Gasteiger partial charge in [0.1, 0.15) is 0 Å². The molecule has 0 saturated heterocycles. The first-order valence-corrected chi connectivity index (χ1v) is 9.79. The number of benzene rings is 2. The summed E-state index contributed by atoms with van der Waals surface area (Å²) in [5.41, 5.74) is 2.55. The van der Waals surface area contributed by atoms with Gasteiger partial charge in [-0.25, -0.2) is 9.48 Å². The number of rotatable bonds is 8. The summed E-state index contributed by atoms with van der Waals surface area (Å²) in [5, 5.41) is 7.45. The summed E-state index contributed by atoms with van der Waals surface area (Å²) >= 11 is 0. The number of esters is 1. The molecule has 0 fully saturated rings. The summed E-state index contributed by atoms with van der Waals surface area (Å²) < 4.78 is 6.82. The van der Waals surface area contributed by atoms with Gasteiger partial charge in [0.25, 0.3) is 5.91 Å². The number of hydrogen-bond donors (Lipinski definition) is 1. The molecule has 1 aromatic heterocycles. The number of ether oxygens (including phenoxy) is 1. The van der Waals surface area contributed by atoms with E-state index in [9.17, 15) is 9.59 Å². The maximum absolute atomic E-state index is 12.7. The summed E-state index contributed by atoms with van der Waals surface area (Å²) in [5.74, 6) is -0.899. The molecule has 0 aliphatic heterocycles. The van der Waals surface area contributed by atoms with Gasteiger partial charge in [-0.3, -0.25) is 4.79 Å². The van der Waals surface area contributed by atoms with E-state index in [1.165, 1.54) is 0 Å².